The number of aliphatic hydroxyl groups excluding tert-OH is 1. The Hall–Kier alpha value is -1.28. The van der Waals surface area contributed by atoms with E-state index in [0.717, 1.165) is 38.5 Å². The molecule has 0 aliphatic carbocycles. The number of nitrogens with zero attached hydrogens (tertiary/aromatic N) is 1. The zero-order valence-corrected chi connectivity index (χ0v) is 65.8. The van der Waals surface area contributed by atoms with Gasteiger partial charge in [-0.2, -0.15) is 0 Å². The Labute approximate surface area is 595 Å². The van der Waals surface area contributed by atoms with Crippen molar-refractivity contribution in [3.63, 3.8) is 0 Å². The van der Waals surface area contributed by atoms with Gasteiger partial charge in [-0.25, -0.2) is 0 Å². The fraction of sp³-hybridized carbons (Fsp3) is 0.919. The highest BCUT2D eigenvalue weighted by atomic mass is 31.2. The molecule has 0 heterocycles. The summed E-state index contributed by atoms with van der Waals surface area (Å²) in [5.74, 6) is -0.197. The van der Waals surface area contributed by atoms with Crippen LogP contribution in [-0.4, -0.2) is 68.5 Å². The van der Waals surface area contributed by atoms with E-state index >= 15 is 0 Å². The summed E-state index contributed by atoms with van der Waals surface area (Å²) in [5.41, 5.74) is 0. The molecular weight excluding hydrogens is 1190 g/mol. The lowest BCUT2D eigenvalue weighted by molar-refractivity contribution is -0.870. The van der Waals surface area contributed by atoms with E-state index in [9.17, 15) is 19.4 Å². The summed E-state index contributed by atoms with van der Waals surface area (Å²) >= 11 is 0. The highest BCUT2D eigenvalue weighted by Crippen LogP contribution is 2.38. The molecular formula is C86H169N2O6P. The van der Waals surface area contributed by atoms with E-state index in [-0.39, 0.29) is 19.1 Å². The molecule has 0 aromatic heterocycles. The van der Waals surface area contributed by atoms with Crippen LogP contribution in [0.1, 0.15) is 457 Å². The van der Waals surface area contributed by atoms with Gasteiger partial charge in [0.25, 0.3) is 7.82 Å². The summed E-state index contributed by atoms with van der Waals surface area (Å²) < 4.78 is 23.5. The SMILES string of the molecule is CCCCCCCCCC/C=C\CCCCCCCCCCCCCCCCCCCCCCCCCCCCCCCC(=O)NC(COP(=O)([O-])OCC[N+](C)(C)C)C(O)/C=C/CC/C=C/CCCCCCCCCCCCCCCCCCCCCCCCCCCC. The Kier molecular flexibility index (Phi) is 75.9. The number of hydrogen-bond acceptors (Lipinski definition) is 6. The van der Waals surface area contributed by atoms with Gasteiger partial charge in [-0.3, -0.25) is 9.36 Å². The van der Waals surface area contributed by atoms with Gasteiger partial charge in [0, 0.05) is 6.42 Å². The summed E-state index contributed by atoms with van der Waals surface area (Å²) in [6.45, 7) is 4.70. The Balaban J connectivity index is 3.91. The molecule has 0 aromatic carbocycles. The number of rotatable bonds is 81. The number of nitrogens with one attached hydrogen (secondary N) is 1. The largest absolute Gasteiger partial charge is 0.756 e. The summed E-state index contributed by atoms with van der Waals surface area (Å²) in [6.07, 6.45) is 105. The molecule has 0 saturated heterocycles. The predicted molar refractivity (Wildman–Crippen MR) is 418 cm³/mol. The minimum Gasteiger partial charge on any atom is -0.756 e. The average Bonchev–Trinajstić information content (AvgIpc) is 2.01. The van der Waals surface area contributed by atoms with Gasteiger partial charge in [-0.05, 0) is 57.8 Å². The summed E-state index contributed by atoms with van der Waals surface area (Å²) in [4.78, 5) is 25.7. The van der Waals surface area contributed by atoms with Crippen molar-refractivity contribution in [2.24, 2.45) is 0 Å². The highest BCUT2D eigenvalue weighted by Gasteiger charge is 2.23. The fourth-order valence-corrected chi connectivity index (χ4v) is 14.2. The van der Waals surface area contributed by atoms with Gasteiger partial charge in [0.2, 0.25) is 5.91 Å². The zero-order valence-electron chi connectivity index (χ0n) is 64.9. The molecule has 0 fully saturated rings. The first-order valence-electron chi connectivity index (χ1n) is 42.9. The van der Waals surface area contributed by atoms with E-state index in [2.05, 4.69) is 43.5 Å². The second-order valence-electron chi connectivity index (χ2n) is 30.9. The molecule has 8 nitrogen and oxygen atoms in total. The van der Waals surface area contributed by atoms with Crippen LogP contribution in [0.25, 0.3) is 0 Å². The van der Waals surface area contributed by atoms with E-state index in [0.29, 0.717) is 17.4 Å². The molecule has 0 aliphatic heterocycles. The molecule has 95 heavy (non-hydrogen) atoms. The topological polar surface area (TPSA) is 108 Å². The van der Waals surface area contributed by atoms with Crippen molar-refractivity contribution in [2.75, 3.05) is 40.9 Å². The van der Waals surface area contributed by atoms with Crippen LogP contribution in [0.15, 0.2) is 36.5 Å². The number of quaternary nitrogens is 1. The smallest absolute Gasteiger partial charge is 0.268 e. The molecule has 1 amide bonds. The molecule has 0 aliphatic rings. The second kappa shape index (κ2) is 76.9. The molecule has 9 heteroatoms. The number of phosphoric acid groups is 1. The molecule has 0 rings (SSSR count). The summed E-state index contributed by atoms with van der Waals surface area (Å²) in [6, 6.07) is -0.904. The van der Waals surface area contributed by atoms with Crippen LogP contribution in [0.5, 0.6) is 0 Å². The maximum Gasteiger partial charge on any atom is 0.268 e. The van der Waals surface area contributed by atoms with Gasteiger partial charge in [-0.15, -0.1) is 0 Å². The van der Waals surface area contributed by atoms with E-state index in [1.807, 2.05) is 27.2 Å². The average molecular weight is 1360 g/mol. The lowest BCUT2D eigenvalue weighted by atomic mass is 10.0. The third-order valence-corrected chi connectivity index (χ3v) is 21.0. The van der Waals surface area contributed by atoms with Crippen molar-refractivity contribution >= 4 is 13.7 Å². The number of allylic oxidation sites excluding steroid dienone is 5. The quantitative estimate of drug-likeness (QED) is 0.0272. The standard InChI is InChI=1S/C86H169N2O6P/c1-6-8-10-12-14-16-18-20-22-24-26-28-30-32-34-36-38-40-41-42-43-44-45-46-47-48-50-52-54-56-58-60-62-64-66-68-70-72-74-76-78-80-86(90)87-84(83-94-95(91,92)93-82-81-88(3,4)5)85(89)79-77-75-73-71-69-67-65-63-61-59-57-55-53-51-49-39-37-35-33-31-29-27-25-23-21-19-17-15-13-11-9-7-2/h24,26,69,71,77,79,84-85,89H,6-23,25,27-68,70,72-76,78,80-83H2,1-5H3,(H-,87,90,91,92)/b26-24-,71-69+,79-77+. The first-order valence-corrected chi connectivity index (χ1v) is 44.3. The molecule has 3 atom stereocenters. The van der Waals surface area contributed by atoms with Gasteiger partial charge in [-0.1, -0.05) is 429 Å². The van der Waals surface area contributed by atoms with Crippen LogP contribution >= 0.6 is 7.82 Å². The van der Waals surface area contributed by atoms with E-state index < -0.39 is 20.0 Å². The third-order valence-electron chi connectivity index (χ3n) is 20.1. The van der Waals surface area contributed by atoms with Crippen LogP contribution in [-0.2, 0) is 18.4 Å². The lowest BCUT2D eigenvalue weighted by Gasteiger charge is -2.29. The maximum absolute atomic E-state index is 13.1. The molecule has 0 saturated carbocycles. The molecule has 0 spiro atoms. The summed E-state index contributed by atoms with van der Waals surface area (Å²) in [5, 5.41) is 14.0. The van der Waals surface area contributed by atoms with E-state index in [4.69, 9.17) is 9.05 Å². The molecule has 2 N–H and O–H groups in total. The second-order valence-corrected chi connectivity index (χ2v) is 32.3. The van der Waals surface area contributed by atoms with Crippen molar-refractivity contribution in [3.8, 4) is 0 Å². The van der Waals surface area contributed by atoms with E-state index in [1.54, 1.807) is 6.08 Å². The molecule has 0 aromatic rings. The van der Waals surface area contributed by atoms with Crippen molar-refractivity contribution < 1.29 is 32.9 Å². The van der Waals surface area contributed by atoms with Gasteiger partial charge in [0.15, 0.2) is 0 Å². The predicted octanol–water partition coefficient (Wildman–Crippen LogP) is 27.7. The highest BCUT2D eigenvalue weighted by molar-refractivity contribution is 7.45. The number of carbonyl (C=O) groups is 1. The van der Waals surface area contributed by atoms with Crippen LogP contribution in [0, 0.1) is 0 Å². The first-order chi connectivity index (χ1) is 46.5. The van der Waals surface area contributed by atoms with Crippen molar-refractivity contribution in [1.29, 1.82) is 0 Å². The monoisotopic (exact) mass is 1360 g/mol. The molecule has 0 bridgehead atoms. The number of phosphoric ester groups is 1. The number of amides is 1. The van der Waals surface area contributed by atoms with Crippen LogP contribution in [0.3, 0.4) is 0 Å². The van der Waals surface area contributed by atoms with Crippen molar-refractivity contribution in [3.05, 3.63) is 36.5 Å². The van der Waals surface area contributed by atoms with Gasteiger partial charge >= 0.3 is 0 Å². The minimum atomic E-state index is -4.62. The van der Waals surface area contributed by atoms with Crippen LogP contribution in [0.4, 0.5) is 0 Å². The lowest BCUT2D eigenvalue weighted by Crippen LogP contribution is -2.45. The van der Waals surface area contributed by atoms with E-state index in [1.165, 1.54) is 398 Å². The number of hydrogen-bond donors (Lipinski definition) is 2. The van der Waals surface area contributed by atoms with Crippen LogP contribution < -0.4 is 10.2 Å². The number of carbonyl (C=O) groups excluding carboxylic acids is 1. The van der Waals surface area contributed by atoms with Gasteiger partial charge < -0.3 is 28.8 Å². The number of unbranched alkanes of at least 4 members (excludes halogenated alkanes) is 64. The zero-order chi connectivity index (χ0) is 69.0. The Bertz CT molecular complexity index is 1650. The Morgan fingerprint density at radius 3 is 0.853 bits per heavy atom. The normalized spacial score (nSPS) is 13.5. The number of aliphatic hydroxyl groups is 1. The third kappa shape index (κ3) is 79.9. The summed E-state index contributed by atoms with van der Waals surface area (Å²) in [7, 11) is 1.27. The fourth-order valence-electron chi connectivity index (χ4n) is 13.5. The molecule has 564 valence electrons. The number of likely N-dealkylation sites (N-methyl/N-ethyl adjacent to an activating group) is 1. The maximum atomic E-state index is 13.1. The van der Waals surface area contributed by atoms with Crippen LogP contribution in [0.2, 0.25) is 0 Å². The molecule has 3 unspecified atom stereocenters. The van der Waals surface area contributed by atoms with Gasteiger partial charge in [0.05, 0.1) is 39.9 Å². The molecule has 0 radical (unpaired) electrons. The minimum absolute atomic E-state index is 0.00380. The Morgan fingerprint density at radius 1 is 0.358 bits per heavy atom. The van der Waals surface area contributed by atoms with Crippen molar-refractivity contribution in [2.45, 2.75) is 469 Å². The van der Waals surface area contributed by atoms with Gasteiger partial charge in [0.1, 0.15) is 13.2 Å². The van der Waals surface area contributed by atoms with Crippen molar-refractivity contribution in [1.82, 2.24) is 5.32 Å². The Morgan fingerprint density at radius 2 is 0.589 bits per heavy atom. The first kappa shape index (κ1) is 93.7.